The van der Waals surface area contributed by atoms with Gasteiger partial charge in [-0.05, 0) is 19.1 Å². The second-order valence-electron chi connectivity index (χ2n) is 6.04. The number of nitrogen functional groups attached to an aromatic ring is 1. The molecule has 6 heteroatoms. The molecule has 1 aromatic carbocycles. The van der Waals surface area contributed by atoms with Crippen LogP contribution in [0.2, 0.25) is 5.02 Å². The number of anilines is 2. The highest BCUT2D eigenvalue weighted by Crippen LogP contribution is 2.32. The van der Waals surface area contributed by atoms with Gasteiger partial charge >= 0.3 is 0 Å². The van der Waals surface area contributed by atoms with Crippen molar-refractivity contribution in [1.82, 2.24) is 4.90 Å². The van der Waals surface area contributed by atoms with E-state index in [1.165, 1.54) is 6.21 Å². The Hall–Kier alpha value is -1.30. The van der Waals surface area contributed by atoms with E-state index in [2.05, 4.69) is 16.7 Å². The molecule has 2 fully saturated rings. The zero-order valence-corrected chi connectivity index (χ0v) is 13.0. The molecule has 3 rings (SSSR count). The van der Waals surface area contributed by atoms with E-state index in [1.807, 2.05) is 6.07 Å². The molecule has 2 saturated heterocycles. The summed E-state index contributed by atoms with van der Waals surface area (Å²) in [6.45, 7) is 7.78. The van der Waals surface area contributed by atoms with Gasteiger partial charge in [-0.2, -0.15) is 0 Å². The summed E-state index contributed by atoms with van der Waals surface area (Å²) in [6, 6.07) is 3.65. The number of nitrogens with two attached hydrogens (primary N) is 1. The molecule has 0 radical (unpaired) electrons. The van der Waals surface area contributed by atoms with E-state index >= 15 is 0 Å². The summed E-state index contributed by atoms with van der Waals surface area (Å²) in [5.74, 6) is 0. The lowest BCUT2D eigenvalue weighted by Gasteiger charge is -2.50. The van der Waals surface area contributed by atoms with Crippen molar-refractivity contribution in [2.24, 2.45) is 0 Å². The first-order chi connectivity index (χ1) is 10.0. The minimum absolute atomic E-state index is 0.207. The summed E-state index contributed by atoms with van der Waals surface area (Å²) in [5, 5.41) is 7.98. The van der Waals surface area contributed by atoms with Crippen LogP contribution in [0.5, 0.6) is 0 Å². The Kier molecular flexibility index (Phi) is 3.82. The van der Waals surface area contributed by atoms with Crippen molar-refractivity contribution in [3.8, 4) is 0 Å². The lowest BCUT2D eigenvalue weighted by Crippen LogP contribution is -2.64. The van der Waals surface area contributed by atoms with Crippen LogP contribution in [-0.2, 0) is 4.74 Å². The number of rotatable bonds is 3. The predicted molar refractivity (Wildman–Crippen MR) is 86.8 cm³/mol. The molecule has 1 aromatic rings. The fourth-order valence-electron chi connectivity index (χ4n) is 3.03. The summed E-state index contributed by atoms with van der Waals surface area (Å²) in [4.78, 5) is 4.77. The summed E-state index contributed by atoms with van der Waals surface area (Å²) in [7, 11) is 0. The Morgan fingerprint density at radius 1 is 1.29 bits per heavy atom. The van der Waals surface area contributed by atoms with Crippen molar-refractivity contribution >= 4 is 29.2 Å². The number of hydrogen-bond acceptors (Lipinski definition) is 5. The molecule has 0 amide bonds. The minimum atomic E-state index is 0.207. The molecule has 2 aliphatic rings. The van der Waals surface area contributed by atoms with Gasteiger partial charge in [0.05, 0.1) is 29.5 Å². The number of halogens is 1. The van der Waals surface area contributed by atoms with E-state index < -0.39 is 0 Å². The van der Waals surface area contributed by atoms with Gasteiger partial charge < -0.3 is 20.8 Å². The first kappa shape index (κ1) is 14.6. The van der Waals surface area contributed by atoms with Crippen molar-refractivity contribution in [1.29, 1.82) is 5.41 Å². The van der Waals surface area contributed by atoms with Crippen LogP contribution < -0.4 is 10.6 Å². The highest BCUT2D eigenvalue weighted by Gasteiger charge is 2.40. The van der Waals surface area contributed by atoms with Gasteiger partial charge in [0, 0.05) is 43.6 Å². The average molecular weight is 309 g/mol. The summed E-state index contributed by atoms with van der Waals surface area (Å²) < 4.78 is 5.35. The molecule has 0 aliphatic carbocycles. The van der Waals surface area contributed by atoms with Gasteiger partial charge in [0.15, 0.2) is 0 Å². The quantitative estimate of drug-likeness (QED) is 0.660. The SMILES string of the molecule is CC1(N2CCN(c3cc(N)c(C=N)cc3Cl)CC2)COC1. The van der Waals surface area contributed by atoms with Crippen LogP contribution >= 0.6 is 11.6 Å². The van der Waals surface area contributed by atoms with Crippen molar-refractivity contribution in [3.05, 3.63) is 22.7 Å². The zero-order chi connectivity index (χ0) is 15.0. The molecule has 2 aliphatic heterocycles. The van der Waals surface area contributed by atoms with E-state index in [0.717, 1.165) is 45.1 Å². The molecular weight excluding hydrogens is 288 g/mol. The number of nitrogens with one attached hydrogen (secondary N) is 1. The van der Waals surface area contributed by atoms with Crippen LogP contribution in [0.3, 0.4) is 0 Å². The maximum atomic E-state index is 7.32. The van der Waals surface area contributed by atoms with Gasteiger partial charge in [-0.25, -0.2) is 0 Å². The van der Waals surface area contributed by atoms with Gasteiger partial charge in [-0.3, -0.25) is 4.90 Å². The van der Waals surface area contributed by atoms with Crippen molar-refractivity contribution < 1.29 is 4.74 Å². The topological polar surface area (TPSA) is 65.6 Å². The normalized spacial score (nSPS) is 21.9. The molecule has 3 N–H and O–H groups in total. The number of nitrogens with zero attached hydrogens (tertiary/aromatic N) is 2. The molecule has 0 aromatic heterocycles. The highest BCUT2D eigenvalue weighted by atomic mass is 35.5. The van der Waals surface area contributed by atoms with Crippen LogP contribution in [0, 0.1) is 5.41 Å². The smallest absolute Gasteiger partial charge is 0.0671 e. The molecule has 0 bridgehead atoms. The second kappa shape index (κ2) is 5.48. The third kappa shape index (κ3) is 2.61. The lowest BCUT2D eigenvalue weighted by atomic mass is 9.97. The second-order valence-corrected chi connectivity index (χ2v) is 6.45. The van der Waals surface area contributed by atoms with Crippen LogP contribution in [-0.4, -0.2) is 56.0 Å². The van der Waals surface area contributed by atoms with Crippen LogP contribution in [0.4, 0.5) is 11.4 Å². The van der Waals surface area contributed by atoms with Gasteiger partial charge in [0.1, 0.15) is 0 Å². The van der Waals surface area contributed by atoms with Gasteiger partial charge in [-0.15, -0.1) is 0 Å². The summed E-state index contributed by atoms with van der Waals surface area (Å²) in [5.41, 5.74) is 8.42. The molecule has 21 heavy (non-hydrogen) atoms. The standard InChI is InChI=1S/C15H21ClN4O/c1-15(9-21-10-15)20-4-2-19(3-5-20)14-7-13(18)11(8-17)6-12(14)16/h6-8,17H,2-5,9-10,18H2,1H3. The van der Waals surface area contributed by atoms with Gasteiger partial charge in [0.25, 0.3) is 0 Å². The maximum absolute atomic E-state index is 7.32. The van der Waals surface area contributed by atoms with E-state index in [0.29, 0.717) is 16.3 Å². The first-order valence-corrected chi connectivity index (χ1v) is 7.58. The Morgan fingerprint density at radius 3 is 2.48 bits per heavy atom. The first-order valence-electron chi connectivity index (χ1n) is 7.21. The third-order valence-corrected chi connectivity index (χ3v) is 4.82. The van der Waals surface area contributed by atoms with E-state index in [9.17, 15) is 0 Å². The molecule has 114 valence electrons. The van der Waals surface area contributed by atoms with Gasteiger partial charge in [-0.1, -0.05) is 11.6 Å². The number of ether oxygens (including phenoxy) is 1. The molecule has 0 spiro atoms. The van der Waals surface area contributed by atoms with Gasteiger partial charge in [0.2, 0.25) is 0 Å². The predicted octanol–water partition coefficient (Wildman–Crippen LogP) is 1.83. The molecule has 2 heterocycles. The fourth-order valence-corrected chi connectivity index (χ4v) is 3.32. The molecule has 0 unspecified atom stereocenters. The highest BCUT2D eigenvalue weighted by molar-refractivity contribution is 6.33. The monoisotopic (exact) mass is 308 g/mol. The number of benzene rings is 1. The van der Waals surface area contributed by atoms with Crippen molar-refractivity contribution in [2.75, 3.05) is 50.0 Å². The maximum Gasteiger partial charge on any atom is 0.0671 e. The van der Waals surface area contributed by atoms with Crippen molar-refractivity contribution in [2.45, 2.75) is 12.5 Å². The summed E-state index contributed by atoms with van der Waals surface area (Å²) in [6.07, 6.45) is 1.24. The summed E-state index contributed by atoms with van der Waals surface area (Å²) >= 11 is 6.34. The van der Waals surface area contributed by atoms with E-state index in [4.69, 9.17) is 27.5 Å². The Bertz CT molecular complexity index is 551. The lowest BCUT2D eigenvalue weighted by molar-refractivity contribution is -0.131. The largest absolute Gasteiger partial charge is 0.398 e. The van der Waals surface area contributed by atoms with E-state index in [-0.39, 0.29) is 5.54 Å². The fraction of sp³-hybridized carbons (Fsp3) is 0.533. The van der Waals surface area contributed by atoms with Crippen molar-refractivity contribution in [3.63, 3.8) is 0 Å². The Morgan fingerprint density at radius 2 is 1.95 bits per heavy atom. The van der Waals surface area contributed by atoms with E-state index in [1.54, 1.807) is 6.07 Å². The Balaban J connectivity index is 1.72. The van der Waals surface area contributed by atoms with Crippen LogP contribution in [0.1, 0.15) is 12.5 Å². The van der Waals surface area contributed by atoms with Crippen LogP contribution in [0.25, 0.3) is 0 Å². The molecule has 0 saturated carbocycles. The average Bonchev–Trinajstić information content (AvgIpc) is 2.47. The Labute approximate surface area is 130 Å². The molecular formula is C15H21ClN4O. The number of piperazine rings is 1. The van der Waals surface area contributed by atoms with Crippen LogP contribution in [0.15, 0.2) is 12.1 Å². The minimum Gasteiger partial charge on any atom is -0.398 e. The zero-order valence-electron chi connectivity index (χ0n) is 12.2. The third-order valence-electron chi connectivity index (χ3n) is 4.52. The number of hydrogen-bond donors (Lipinski definition) is 2. The molecule has 0 atom stereocenters. The molecule has 5 nitrogen and oxygen atoms in total.